The third-order valence-corrected chi connectivity index (χ3v) is 6.29. The monoisotopic (exact) mass is 466 g/mol. The number of rotatable bonds is 5. The van der Waals surface area contributed by atoms with Gasteiger partial charge < -0.3 is 15.2 Å². The summed E-state index contributed by atoms with van der Waals surface area (Å²) < 4.78 is 15.3. The molecule has 0 saturated heterocycles. The average Bonchev–Trinajstić information content (AvgIpc) is 3.35. The molecule has 2 N–H and O–H groups in total. The van der Waals surface area contributed by atoms with Gasteiger partial charge in [0.25, 0.3) is 0 Å². The predicted molar refractivity (Wildman–Crippen MR) is 131 cm³/mol. The molecule has 1 aliphatic heterocycles. The van der Waals surface area contributed by atoms with E-state index >= 15 is 0 Å². The van der Waals surface area contributed by atoms with Gasteiger partial charge in [-0.3, -0.25) is 4.68 Å². The van der Waals surface area contributed by atoms with Crippen LogP contribution in [0.2, 0.25) is 0 Å². The zero-order chi connectivity index (χ0) is 24.7. The van der Waals surface area contributed by atoms with Gasteiger partial charge in [-0.25, -0.2) is 4.68 Å². The van der Waals surface area contributed by atoms with Crippen molar-refractivity contribution in [3.05, 3.63) is 99.8 Å². The highest BCUT2D eigenvalue weighted by Gasteiger charge is 2.36. The molecule has 1 atom stereocenters. The summed E-state index contributed by atoms with van der Waals surface area (Å²) in [4.78, 5) is 0. The first-order valence-electron chi connectivity index (χ1n) is 11.3. The number of allylic oxidation sites excluding steroid dienone is 1. The summed E-state index contributed by atoms with van der Waals surface area (Å²) in [6.45, 7) is 6.46. The summed E-state index contributed by atoms with van der Waals surface area (Å²) in [6.07, 6.45) is 0. The van der Waals surface area contributed by atoms with E-state index in [-0.39, 0.29) is 5.88 Å². The average molecular weight is 467 g/mol. The van der Waals surface area contributed by atoms with Crippen molar-refractivity contribution in [2.24, 2.45) is 5.73 Å². The normalized spacial score (nSPS) is 14.9. The van der Waals surface area contributed by atoms with Crippen LogP contribution in [0.3, 0.4) is 0 Å². The molecule has 0 fully saturated rings. The largest absolute Gasteiger partial charge is 0.496 e. The van der Waals surface area contributed by atoms with E-state index < -0.39 is 5.92 Å². The van der Waals surface area contributed by atoms with Gasteiger partial charge in [0.1, 0.15) is 17.4 Å². The van der Waals surface area contributed by atoms with Crippen molar-refractivity contribution in [1.29, 1.82) is 5.26 Å². The van der Waals surface area contributed by atoms with Crippen molar-refractivity contribution < 1.29 is 9.47 Å². The quantitative estimate of drug-likeness (QED) is 0.471. The Hall–Kier alpha value is -4.51. The lowest BCUT2D eigenvalue weighted by molar-refractivity contribution is 0.367. The maximum absolute atomic E-state index is 10.0. The van der Waals surface area contributed by atoms with Gasteiger partial charge >= 0.3 is 0 Å². The zero-order valence-electron chi connectivity index (χ0n) is 20.1. The minimum atomic E-state index is -0.425. The molecule has 2 aromatic heterocycles. The molecule has 35 heavy (non-hydrogen) atoms. The molecule has 1 aliphatic rings. The molecule has 3 heterocycles. The second-order valence-corrected chi connectivity index (χ2v) is 8.63. The molecule has 0 saturated carbocycles. The molecule has 1 unspecified atom stereocenters. The number of nitrogens with two attached hydrogens (primary N) is 1. The molecule has 0 radical (unpaired) electrons. The van der Waals surface area contributed by atoms with Gasteiger partial charge in [-0.05, 0) is 56.7 Å². The number of methoxy groups -OCH3 is 1. The summed E-state index contributed by atoms with van der Waals surface area (Å²) in [5, 5.41) is 19.4. The number of ether oxygens (including phenoxy) is 2. The van der Waals surface area contributed by atoms with E-state index in [9.17, 15) is 5.26 Å². The summed E-state index contributed by atoms with van der Waals surface area (Å²) in [7, 11) is 1.65. The Balaban J connectivity index is 1.66. The number of hydrogen-bond acceptors (Lipinski definition) is 6. The molecule has 0 bridgehead atoms. The molecule has 2 aromatic carbocycles. The van der Waals surface area contributed by atoms with Crippen molar-refractivity contribution in [3.8, 4) is 23.4 Å². The zero-order valence-corrected chi connectivity index (χ0v) is 20.1. The lowest BCUT2D eigenvalue weighted by Crippen LogP contribution is -2.22. The summed E-state index contributed by atoms with van der Waals surface area (Å²) >= 11 is 0. The lowest BCUT2D eigenvalue weighted by atomic mass is 9.83. The highest BCUT2D eigenvalue weighted by atomic mass is 16.5. The van der Waals surface area contributed by atoms with Crippen LogP contribution in [0.15, 0.2) is 66.1 Å². The Morgan fingerprint density at radius 3 is 2.51 bits per heavy atom. The number of nitriles is 1. The molecule has 0 amide bonds. The number of fused-ring (bicyclic) bond motifs is 1. The fourth-order valence-corrected chi connectivity index (χ4v) is 4.69. The van der Waals surface area contributed by atoms with Gasteiger partial charge in [-0.2, -0.15) is 15.5 Å². The van der Waals surface area contributed by atoms with Crippen LogP contribution in [0.4, 0.5) is 0 Å². The van der Waals surface area contributed by atoms with E-state index in [2.05, 4.69) is 17.2 Å². The van der Waals surface area contributed by atoms with Gasteiger partial charge in [-0.1, -0.05) is 24.3 Å². The molecule has 8 nitrogen and oxygen atoms in total. The topological polar surface area (TPSA) is 104 Å². The van der Waals surface area contributed by atoms with Crippen LogP contribution in [-0.4, -0.2) is 26.7 Å². The van der Waals surface area contributed by atoms with Gasteiger partial charge in [-0.15, -0.1) is 0 Å². The molecular formula is C27H26N6O2. The van der Waals surface area contributed by atoms with E-state index in [0.717, 1.165) is 45.2 Å². The van der Waals surface area contributed by atoms with Crippen LogP contribution in [0.25, 0.3) is 5.69 Å². The van der Waals surface area contributed by atoms with Crippen LogP contribution >= 0.6 is 0 Å². The number of nitrogens with zero attached hydrogens (tertiary/aromatic N) is 5. The first-order chi connectivity index (χ1) is 16.9. The number of para-hydroxylation sites is 1. The van der Waals surface area contributed by atoms with Gasteiger partial charge in [0.2, 0.25) is 11.8 Å². The Kier molecular flexibility index (Phi) is 5.53. The molecule has 8 heteroatoms. The van der Waals surface area contributed by atoms with Crippen molar-refractivity contribution in [1.82, 2.24) is 19.6 Å². The summed E-state index contributed by atoms with van der Waals surface area (Å²) in [5.41, 5.74) is 13.0. The Bertz CT molecular complexity index is 1490. The third-order valence-electron chi connectivity index (χ3n) is 6.29. The van der Waals surface area contributed by atoms with E-state index in [1.165, 1.54) is 0 Å². The van der Waals surface area contributed by atoms with Gasteiger partial charge in [0, 0.05) is 11.3 Å². The van der Waals surface area contributed by atoms with Crippen LogP contribution in [0, 0.1) is 32.1 Å². The molecular weight excluding hydrogens is 440 g/mol. The second kappa shape index (κ2) is 8.69. The van der Waals surface area contributed by atoms with Crippen LogP contribution in [-0.2, 0) is 6.54 Å². The van der Waals surface area contributed by atoms with E-state index in [1.54, 1.807) is 11.8 Å². The van der Waals surface area contributed by atoms with Crippen LogP contribution < -0.4 is 15.2 Å². The lowest BCUT2D eigenvalue weighted by Gasteiger charge is -2.25. The van der Waals surface area contributed by atoms with Crippen LogP contribution in [0.1, 0.15) is 39.7 Å². The van der Waals surface area contributed by atoms with Crippen molar-refractivity contribution in [2.75, 3.05) is 7.11 Å². The fraction of sp³-hybridized carbons (Fsp3) is 0.222. The van der Waals surface area contributed by atoms with E-state index in [1.807, 2.05) is 74.0 Å². The standard InChI is InChI=1S/C27H26N6O2/c1-16-12-17(2)32(30-16)15-20-13-19(10-11-23(20)34-4)25-22(14-28)26(29)35-27-24(25)18(3)31-33(27)21-8-6-5-7-9-21/h5-13,25H,15,29H2,1-4H3. The second-order valence-electron chi connectivity index (χ2n) is 8.63. The molecule has 176 valence electrons. The number of aromatic nitrogens is 4. The summed E-state index contributed by atoms with van der Waals surface area (Å²) in [6, 6.07) is 20.0. The van der Waals surface area contributed by atoms with E-state index in [4.69, 9.17) is 20.3 Å². The van der Waals surface area contributed by atoms with Crippen molar-refractivity contribution >= 4 is 0 Å². The first-order valence-corrected chi connectivity index (χ1v) is 11.3. The first kappa shape index (κ1) is 22.3. The highest BCUT2D eigenvalue weighted by Crippen LogP contribution is 2.45. The summed E-state index contributed by atoms with van der Waals surface area (Å²) in [5.74, 6) is 0.927. The minimum absolute atomic E-state index is 0.0815. The Labute approximate surface area is 203 Å². The molecule has 0 aliphatic carbocycles. The smallest absolute Gasteiger partial charge is 0.229 e. The maximum Gasteiger partial charge on any atom is 0.229 e. The Morgan fingerprint density at radius 2 is 1.86 bits per heavy atom. The number of benzene rings is 2. The highest BCUT2D eigenvalue weighted by molar-refractivity contribution is 5.58. The molecule has 5 rings (SSSR count). The maximum atomic E-state index is 10.0. The SMILES string of the molecule is COc1ccc(C2C(C#N)=C(N)Oc3c2c(C)nn3-c2ccccc2)cc1Cn1nc(C)cc1C. The molecule has 4 aromatic rings. The number of hydrogen-bond donors (Lipinski definition) is 1. The molecule has 0 spiro atoms. The third kappa shape index (κ3) is 3.81. The van der Waals surface area contributed by atoms with Crippen molar-refractivity contribution in [2.45, 2.75) is 33.2 Å². The number of aryl methyl sites for hydroxylation is 3. The predicted octanol–water partition coefficient (Wildman–Crippen LogP) is 4.27. The fourth-order valence-electron chi connectivity index (χ4n) is 4.69. The van der Waals surface area contributed by atoms with Gasteiger partial charge in [0.05, 0.1) is 42.2 Å². The van der Waals surface area contributed by atoms with Gasteiger partial charge in [0.15, 0.2) is 0 Å². The van der Waals surface area contributed by atoms with Crippen molar-refractivity contribution in [3.63, 3.8) is 0 Å². The van der Waals surface area contributed by atoms with E-state index in [0.29, 0.717) is 18.0 Å². The Morgan fingerprint density at radius 1 is 1.09 bits per heavy atom. The van der Waals surface area contributed by atoms with Crippen LogP contribution in [0.5, 0.6) is 11.6 Å². The minimum Gasteiger partial charge on any atom is -0.496 e.